The minimum Gasteiger partial charge on any atom is -0.337 e. The Labute approximate surface area is 221 Å². The van der Waals surface area contributed by atoms with E-state index in [0.717, 1.165) is 64.2 Å². The van der Waals surface area contributed by atoms with Crippen LogP contribution in [0.15, 0.2) is 12.1 Å². The zero-order valence-corrected chi connectivity index (χ0v) is 23.3. The summed E-state index contributed by atoms with van der Waals surface area (Å²) in [5.74, 6) is -2.10. The number of rotatable bonds is 5. The molecule has 2 amide bonds. The molecule has 2 aliphatic rings. The number of halogens is 2. The number of benzene rings is 1. The largest absolute Gasteiger partial charge is 0.337 e. The third-order valence-corrected chi connectivity index (χ3v) is 7.66. The van der Waals surface area contributed by atoms with E-state index in [1.807, 2.05) is 0 Å². The fourth-order valence-electron chi connectivity index (χ4n) is 5.28. The first kappa shape index (κ1) is 29.5. The van der Waals surface area contributed by atoms with Crippen LogP contribution < -0.4 is 4.90 Å². The molecule has 2 heterocycles. The van der Waals surface area contributed by atoms with Crippen molar-refractivity contribution in [2.24, 2.45) is 0 Å². The second-order valence-electron chi connectivity index (χ2n) is 10.9. The highest BCUT2D eigenvalue weighted by molar-refractivity contribution is 5.94. The zero-order chi connectivity index (χ0) is 27.1. The third-order valence-electron chi connectivity index (χ3n) is 7.66. The first-order valence-corrected chi connectivity index (χ1v) is 13.9. The standard InChI is InChI=1S/C28H45F2N5O2/c1-6-27(36)35-12-8-10-32(21(2)3)9-7-11-34(19-23-17-24(29)25(30)18-26(23)35)28(37)20-31-13-15-33(16-14-31)22(4)5/h17-18,21-22H,6-16,19-20H2,1-5H3. The number of anilines is 1. The number of piperazine rings is 1. The van der Waals surface area contributed by atoms with Gasteiger partial charge in [0.05, 0.1) is 12.2 Å². The molecule has 0 atom stereocenters. The van der Waals surface area contributed by atoms with Crippen LogP contribution in [0.25, 0.3) is 0 Å². The van der Waals surface area contributed by atoms with Gasteiger partial charge in [0.15, 0.2) is 11.6 Å². The van der Waals surface area contributed by atoms with Crippen molar-refractivity contribution in [3.05, 3.63) is 29.3 Å². The normalized spacial score (nSPS) is 19.6. The van der Waals surface area contributed by atoms with Crippen LogP contribution in [0.1, 0.15) is 59.4 Å². The van der Waals surface area contributed by atoms with Gasteiger partial charge >= 0.3 is 0 Å². The average molecular weight is 522 g/mol. The van der Waals surface area contributed by atoms with E-state index in [9.17, 15) is 18.4 Å². The van der Waals surface area contributed by atoms with Crippen LogP contribution in [0.5, 0.6) is 0 Å². The van der Waals surface area contributed by atoms with Gasteiger partial charge in [-0.15, -0.1) is 0 Å². The van der Waals surface area contributed by atoms with Crippen molar-refractivity contribution in [3.63, 3.8) is 0 Å². The van der Waals surface area contributed by atoms with Crippen LogP contribution in [0.4, 0.5) is 14.5 Å². The highest BCUT2D eigenvalue weighted by Gasteiger charge is 2.27. The van der Waals surface area contributed by atoms with Gasteiger partial charge in [-0.3, -0.25) is 19.4 Å². The lowest BCUT2D eigenvalue weighted by molar-refractivity contribution is -0.133. The summed E-state index contributed by atoms with van der Waals surface area (Å²) >= 11 is 0. The Morgan fingerprint density at radius 3 is 1.95 bits per heavy atom. The Kier molecular flexibility index (Phi) is 10.8. The maximum absolute atomic E-state index is 14.4. The molecule has 3 rings (SSSR count). The number of fused-ring (bicyclic) bond motifs is 1. The van der Waals surface area contributed by atoms with Crippen molar-refractivity contribution in [2.75, 3.05) is 63.8 Å². The van der Waals surface area contributed by atoms with Crippen LogP contribution in [-0.4, -0.2) is 102 Å². The van der Waals surface area contributed by atoms with E-state index < -0.39 is 11.6 Å². The topological polar surface area (TPSA) is 50.3 Å². The summed E-state index contributed by atoms with van der Waals surface area (Å²) in [7, 11) is 0. The molecule has 0 saturated carbocycles. The van der Waals surface area contributed by atoms with Gasteiger partial charge in [-0.2, -0.15) is 0 Å². The molecule has 2 aliphatic heterocycles. The van der Waals surface area contributed by atoms with Crippen molar-refractivity contribution in [1.82, 2.24) is 19.6 Å². The maximum atomic E-state index is 14.4. The zero-order valence-electron chi connectivity index (χ0n) is 23.3. The van der Waals surface area contributed by atoms with Crippen molar-refractivity contribution < 1.29 is 18.4 Å². The Morgan fingerprint density at radius 1 is 0.784 bits per heavy atom. The second kappa shape index (κ2) is 13.6. The molecule has 0 unspecified atom stereocenters. The molecule has 0 N–H and O–H groups in total. The SMILES string of the molecule is CCC(=O)N1CCCN(C(C)C)CCCN(C(=O)CN2CCN(C(C)C)CC2)Cc2cc(F)c(F)cc21. The van der Waals surface area contributed by atoms with Crippen LogP contribution in [0.3, 0.4) is 0 Å². The first-order valence-electron chi connectivity index (χ1n) is 13.9. The summed E-state index contributed by atoms with van der Waals surface area (Å²) in [4.78, 5) is 36.8. The fourth-order valence-corrected chi connectivity index (χ4v) is 5.28. The van der Waals surface area contributed by atoms with E-state index in [1.54, 1.807) is 16.7 Å². The molecule has 7 nitrogen and oxygen atoms in total. The van der Waals surface area contributed by atoms with E-state index in [0.29, 0.717) is 43.0 Å². The number of amides is 2. The summed E-state index contributed by atoms with van der Waals surface area (Å²) in [6.07, 6.45) is 1.78. The van der Waals surface area contributed by atoms with Gasteiger partial charge in [-0.05, 0) is 52.2 Å². The summed E-state index contributed by atoms with van der Waals surface area (Å²) in [5.41, 5.74) is 0.839. The number of nitrogens with zero attached hydrogens (tertiary/aromatic N) is 5. The summed E-state index contributed by atoms with van der Waals surface area (Å²) in [6.45, 7) is 17.0. The van der Waals surface area contributed by atoms with Crippen molar-refractivity contribution in [3.8, 4) is 0 Å². The lowest BCUT2D eigenvalue weighted by Crippen LogP contribution is -2.51. The summed E-state index contributed by atoms with van der Waals surface area (Å²) in [6, 6.07) is 3.10. The van der Waals surface area contributed by atoms with Gasteiger partial charge in [0, 0.05) is 83.5 Å². The predicted octanol–water partition coefficient (Wildman–Crippen LogP) is 3.57. The maximum Gasteiger partial charge on any atom is 0.237 e. The van der Waals surface area contributed by atoms with Crippen molar-refractivity contribution in [1.29, 1.82) is 0 Å². The van der Waals surface area contributed by atoms with Gasteiger partial charge in [-0.1, -0.05) is 6.92 Å². The number of hydrogen-bond acceptors (Lipinski definition) is 5. The predicted molar refractivity (Wildman–Crippen MR) is 144 cm³/mol. The molecule has 0 radical (unpaired) electrons. The van der Waals surface area contributed by atoms with Crippen molar-refractivity contribution >= 4 is 17.5 Å². The van der Waals surface area contributed by atoms with Crippen LogP contribution in [-0.2, 0) is 16.1 Å². The lowest BCUT2D eigenvalue weighted by Gasteiger charge is -2.37. The highest BCUT2D eigenvalue weighted by Crippen LogP contribution is 2.27. The van der Waals surface area contributed by atoms with E-state index in [2.05, 4.69) is 42.4 Å². The van der Waals surface area contributed by atoms with Crippen LogP contribution in [0, 0.1) is 11.6 Å². The van der Waals surface area contributed by atoms with Crippen molar-refractivity contribution in [2.45, 2.75) is 72.5 Å². The third kappa shape index (κ3) is 7.94. The van der Waals surface area contributed by atoms with E-state index >= 15 is 0 Å². The molecule has 208 valence electrons. The van der Waals surface area contributed by atoms with E-state index in [4.69, 9.17) is 0 Å². The monoisotopic (exact) mass is 521 g/mol. The molecular weight excluding hydrogens is 476 g/mol. The summed E-state index contributed by atoms with van der Waals surface area (Å²) in [5, 5.41) is 0. The molecule has 9 heteroatoms. The number of carbonyl (C=O) groups excluding carboxylic acids is 2. The van der Waals surface area contributed by atoms with Gasteiger partial charge in [0.2, 0.25) is 11.8 Å². The van der Waals surface area contributed by atoms with Gasteiger partial charge in [0.25, 0.3) is 0 Å². The molecule has 0 spiro atoms. The molecule has 0 bridgehead atoms. The molecule has 0 aromatic heterocycles. The van der Waals surface area contributed by atoms with Gasteiger partial charge < -0.3 is 14.7 Å². The molecule has 1 aromatic rings. The van der Waals surface area contributed by atoms with Crippen LogP contribution in [0.2, 0.25) is 0 Å². The Balaban J connectivity index is 1.88. The minimum absolute atomic E-state index is 0.0183. The molecule has 1 saturated heterocycles. The Bertz CT molecular complexity index is 918. The average Bonchev–Trinajstić information content (AvgIpc) is 2.85. The minimum atomic E-state index is -0.982. The van der Waals surface area contributed by atoms with E-state index in [1.165, 1.54) is 0 Å². The molecule has 37 heavy (non-hydrogen) atoms. The highest BCUT2D eigenvalue weighted by atomic mass is 19.2. The quantitative estimate of drug-likeness (QED) is 0.593. The smallest absolute Gasteiger partial charge is 0.237 e. The Morgan fingerprint density at radius 2 is 1.35 bits per heavy atom. The Hall–Kier alpha value is -2.10. The summed E-state index contributed by atoms with van der Waals surface area (Å²) < 4.78 is 28.8. The first-order chi connectivity index (χ1) is 17.6. The molecule has 1 aromatic carbocycles. The second-order valence-corrected chi connectivity index (χ2v) is 10.9. The number of hydrogen-bond donors (Lipinski definition) is 0. The molecular formula is C28H45F2N5O2. The van der Waals surface area contributed by atoms with Gasteiger partial charge in [0.1, 0.15) is 0 Å². The lowest BCUT2D eigenvalue weighted by atomic mass is 10.1. The number of carbonyl (C=O) groups is 2. The van der Waals surface area contributed by atoms with Gasteiger partial charge in [-0.25, -0.2) is 8.78 Å². The fraction of sp³-hybridized carbons (Fsp3) is 0.714. The van der Waals surface area contributed by atoms with E-state index in [-0.39, 0.29) is 24.8 Å². The molecule has 1 fully saturated rings. The van der Waals surface area contributed by atoms with Crippen LogP contribution >= 0.6 is 0 Å². The molecule has 0 aliphatic carbocycles.